The third-order valence-corrected chi connectivity index (χ3v) is 7.76. The maximum atomic E-state index is 12.8. The van der Waals surface area contributed by atoms with Crippen molar-refractivity contribution in [3.05, 3.63) is 29.3 Å². The Balaban J connectivity index is 1.03. The molecule has 184 valence electrons. The zero-order valence-corrected chi connectivity index (χ0v) is 20.5. The van der Waals surface area contributed by atoms with Gasteiger partial charge in [-0.1, -0.05) is 16.8 Å². The molecule has 0 bridgehead atoms. The van der Waals surface area contributed by atoms with Gasteiger partial charge in [0.2, 0.25) is 11.7 Å². The van der Waals surface area contributed by atoms with Gasteiger partial charge in [-0.2, -0.15) is 4.98 Å². The lowest BCUT2D eigenvalue weighted by molar-refractivity contribution is -0.125. The summed E-state index contributed by atoms with van der Waals surface area (Å²) in [6.07, 6.45) is 5.43. The fourth-order valence-electron chi connectivity index (χ4n) is 5.47. The summed E-state index contributed by atoms with van der Waals surface area (Å²) in [4.78, 5) is 22.0. The van der Waals surface area contributed by atoms with Crippen LogP contribution >= 0.6 is 11.6 Å². The number of anilines is 1. The molecular weight excluding hydrogens is 452 g/mol. The quantitative estimate of drug-likeness (QED) is 0.622. The minimum absolute atomic E-state index is 0.0562. The van der Waals surface area contributed by atoms with Gasteiger partial charge < -0.3 is 25.0 Å². The number of rotatable bonds is 7. The first-order chi connectivity index (χ1) is 16.6. The van der Waals surface area contributed by atoms with Crippen molar-refractivity contribution in [2.75, 3.05) is 57.3 Å². The Bertz CT molecular complexity index is 937. The van der Waals surface area contributed by atoms with Gasteiger partial charge in [0.1, 0.15) is 0 Å². The topological polar surface area (TPSA) is 86.5 Å². The molecule has 1 amide bonds. The molecule has 3 aliphatic heterocycles. The Morgan fingerprint density at radius 1 is 1.12 bits per heavy atom. The van der Waals surface area contributed by atoms with Crippen LogP contribution in [0.1, 0.15) is 32.1 Å². The number of halogens is 1. The van der Waals surface area contributed by atoms with Gasteiger partial charge >= 0.3 is 6.01 Å². The van der Waals surface area contributed by atoms with Crippen molar-refractivity contribution in [1.29, 1.82) is 0 Å². The molecular formula is C25H35ClN6O2. The molecule has 0 aliphatic carbocycles. The highest BCUT2D eigenvalue weighted by molar-refractivity contribution is 6.30. The van der Waals surface area contributed by atoms with Gasteiger partial charge in [-0.25, -0.2) is 0 Å². The van der Waals surface area contributed by atoms with Crippen LogP contribution in [0.3, 0.4) is 0 Å². The number of aromatic nitrogens is 2. The summed E-state index contributed by atoms with van der Waals surface area (Å²) in [6.45, 7) is 8.09. The molecule has 2 aromatic rings. The SMILES string of the molecule is O=C(NCC1CCN(CC2CCCNC2)C1)C1CCN(c2nc(-c3ccc(Cl)cc3)no2)CC1. The molecule has 8 nitrogen and oxygen atoms in total. The predicted octanol–water partition coefficient (Wildman–Crippen LogP) is 3.04. The smallest absolute Gasteiger partial charge is 0.324 e. The Labute approximate surface area is 206 Å². The first kappa shape index (κ1) is 23.6. The van der Waals surface area contributed by atoms with E-state index in [4.69, 9.17) is 16.1 Å². The van der Waals surface area contributed by atoms with Crippen LogP contribution < -0.4 is 15.5 Å². The average molecular weight is 487 g/mol. The Morgan fingerprint density at radius 3 is 2.71 bits per heavy atom. The lowest BCUT2D eigenvalue weighted by atomic mass is 9.96. The highest BCUT2D eigenvalue weighted by atomic mass is 35.5. The van der Waals surface area contributed by atoms with Crippen LogP contribution in [-0.4, -0.2) is 73.3 Å². The third-order valence-electron chi connectivity index (χ3n) is 7.50. The minimum Gasteiger partial charge on any atom is -0.356 e. The molecule has 9 heteroatoms. The normalized spacial score (nSPS) is 24.4. The fourth-order valence-corrected chi connectivity index (χ4v) is 5.60. The fraction of sp³-hybridized carbons (Fsp3) is 0.640. The van der Waals surface area contributed by atoms with Crippen molar-refractivity contribution in [3.8, 4) is 11.4 Å². The number of hydrogen-bond acceptors (Lipinski definition) is 7. The van der Waals surface area contributed by atoms with Crippen LogP contribution in [0.15, 0.2) is 28.8 Å². The standard InChI is InChI=1S/C25H35ClN6O2/c26-22-5-3-20(4-6-22)23-29-25(34-30-23)32-12-8-21(9-13-32)24(33)28-15-19-7-11-31(17-19)16-18-2-1-10-27-14-18/h3-6,18-19,21,27H,1-2,7-17H2,(H,28,33). The highest BCUT2D eigenvalue weighted by Crippen LogP contribution is 2.26. The van der Waals surface area contributed by atoms with Crippen LogP contribution in [0.4, 0.5) is 6.01 Å². The van der Waals surface area contributed by atoms with Gasteiger partial charge in [0.05, 0.1) is 0 Å². The van der Waals surface area contributed by atoms with Crippen molar-refractivity contribution < 1.29 is 9.32 Å². The first-order valence-electron chi connectivity index (χ1n) is 12.7. The van der Waals surface area contributed by atoms with Gasteiger partial charge in [-0.05, 0) is 87.8 Å². The van der Waals surface area contributed by atoms with E-state index in [0.717, 1.165) is 63.6 Å². The molecule has 3 aliphatic rings. The summed E-state index contributed by atoms with van der Waals surface area (Å²) in [5.74, 6) is 2.17. The summed E-state index contributed by atoms with van der Waals surface area (Å²) in [5.41, 5.74) is 0.870. The molecule has 0 spiro atoms. The largest absolute Gasteiger partial charge is 0.356 e. The van der Waals surface area contributed by atoms with E-state index in [9.17, 15) is 4.79 Å². The van der Waals surface area contributed by atoms with E-state index in [1.165, 1.54) is 32.4 Å². The number of hydrogen-bond donors (Lipinski definition) is 2. The summed E-state index contributed by atoms with van der Waals surface area (Å²) in [6, 6.07) is 7.90. The number of carbonyl (C=O) groups excluding carboxylic acids is 1. The van der Waals surface area contributed by atoms with Crippen molar-refractivity contribution in [2.24, 2.45) is 17.8 Å². The van der Waals surface area contributed by atoms with E-state index < -0.39 is 0 Å². The lowest BCUT2D eigenvalue weighted by Gasteiger charge is -2.30. The van der Waals surface area contributed by atoms with Crippen LogP contribution in [-0.2, 0) is 4.79 Å². The van der Waals surface area contributed by atoms with Crippen LogP contribution in [0.5, 0.6) is 0 Å². The molecule has 3 fully saturated rings. The minimum atomic E-state index is 0.0562. The maximum absolute atomic E-state index is 12.8. The van der Waals surface area contributed by atoms with Crippen LogP contribution in [0.2, 0.25) is 5.02 Å². The molecule has 2 N–H and O–H groups in total. The van der Waals surface area contributed by atoms with Crippen LogP contribution in [0, 0.1) is 17.8 Å². The second-order valence-electron chi connectivity index (χ2n) is 10.0. The average Bonchev–Trinajstić information content (AvgIpc) is 3.54. The van der Waals surface area contributed by atoms with Crippen molar-refractivity contribution in [2.45, 2.75) is 32.1 Å². The molecule has 0 saturated carbocycles. The molecule has 5 rings (SSSR count). The van der Waals surface area contributed by atoms with E-state index in [1.807, 2.05) is 24.3 Å². The number of nitrogens with zero attached hydrogens (tertiary/aromatic N) is 4. The molecule has 2 atom stereocenters. The van der Waals surface area contributed by atoms with Gasteiger partial charge in [-0.15, -0.1) is 0 Å². The number of piperidine rings is 2. The molecule has 1 aromatic heterocycles. The number of nitrogens with one attached hydrogen (secondary N) is 2. The van der Waals surface area contributed by atoms with Gasteiger partial charge in [-0.3, -0.25) is 4.79 Å². The Hall–Kier alpha value is -2.16. The van der Waals surface area contributed by atoms with Gasteiger partial charge in [0.25, 0.3) is 0 Å². The summed E-state index contributed by atoms with van der Waals surface area (Å²) in [5, 5.41) is 11.5. The molecule has 2 unspecified atom stereocenters. The van der Waals surface area contributed by atoms with E-state index in [0.29, 0.717) is 22.8 Å². The highest BCUT2D eigenvalue weighted by Gasteiger charge is 2.29. The molecule has 1 aromatic carbocycles. The molecule has 3 saturated heterocycles. The predicted molar refractivity (Wildman–Crippen MR) is 133 cm³/mol. The maximum Gasteiger partial charge on any atom is 0.324 e. The van der Waals surface area contributed by atoms with E-state index >= 15 is 0 Å². The Morgan fingerprint density at radius 2 is 1.94 bits per heavy atom. The van der Waals surface area contributed by atoms with E-state index in [-0.39, 0.29) is 11.8 Å². The first-order valence-corrected chi connectivity index (χ1v) is 13.1. The monoisotopic (exact) mass is 486 g/mol. The zero-order valence-electron chi connectivity index (χ0n) is 19.7. The molecule has 34 heavy (non-hydrogen) atoms. The third kappa shape index (κ3) is 5.90. The second-order valence-corrected chi connectivity index (χ2v) is 10.5. The lowest BCUT2D eigenvalue weighted by Crippen LogP contribution is -2.42. The van der Waals surface area contributed by atoms with Crippen molar-refractivity contribution in [3.63, 3.8) is 0 Å². The van der Waals surface area contributed by atoms with E-state index in [1.54, 1.807) is 0 Å². The Kier molecular flexibility index (Phi) is 7.67. The summed E-state index contributed by atoms with van der Waals surface area (Å²) < 4.78 is 5.49. The number of benzene rings is 1. The second kappa shape index (κ2) is 11.1. The zero-order chi connectivity index (χ0) is 23.3. The van der Waals surface area contributed by atoms with Gasteiger partial charge in [0, 0.05) is 49.2 Å². The number of likely N-dealkylation sites (tertiary alicyclic amines) is 1. The van der Waals surface area contributed by atoms with Crippen molar-refractivity contribution >= 4 is 23.5 Å². The number of carbonyl (C=O) groups is 1. The summed E-state index contributed by atoms with van der Waals surface area (Å²) >= 11 is 5.96. The summed E-state index contributed by atoms with van der Waals surface area (Å²) in [7, 11) is 0. The van der Waals surface area contributed by atoms with E-state index in [2.05, 4.69) is 30.6 Å². The molecule has 4 heterocycles. The van der Waals surface area contributed by atoms with Crippen LogP contribution in [0.25, 0.3) is 11.4 Å². The number of amides is 1. The molecule has 0 radical (unpaired) electrons. The van der Waals surface area contributed by atoms with Crippen molar-refractivity contribution in [1.82, 2.24) is 25.7 Å². The van der Waals surface area contributed by atoms with Gasteiger partial charge in [0.15, 0.2) is 0 Å².